The van der Waals surface area contributed by atoms with Crippen LogP contribution in [0.25, 0.3) is 0 Å². The fourth-order valence-corrected chi connectivity index (χ4v) is 3.03. The fourth-order valence-electron chi connectivity index (χ4n) is 2.28. The van der Waals surface area contributed by atoms with Gasteiger partial charge in [0.2, 0.25) is 5.91 Å². The van der Waals surface area contributed by atoms with Crippen LogP contribution in [-0.2, 0) is 17.8 Å². The highest BCUT2D eigenvalue weighted by atomic mass is 32.1. The Morgan fingerprint density at radius 3 is 2.61 bits per heavy atom. The number of aryl methyl sites for hydroxylation is 1. The molecule has 0 spiro atoms. The highest BCUT2D eigenvalue weighted by molar-refractivity contribution is 7.12. The number of hydrogen-bond donors (Lipinski definition) is 2. The summed E-state index contributed by atoms with van der Waals surface area (Å²) in [5.74, 6) is -1.11. The van der Waals surface area contributed by atoms with Gasteiger partial charge in [-0.05, 0) is 49.7 Å². The van der Waals surface area contributed by atoms with Crippen molar-refractivity contribution >= 4 is 28.9 Å². The molecule has 0 fully saturated rings. The predicted octanol–water partition coefficient (Wildman–Crippen LogP) is 3.00. The second-order valence-electron chi connectivity index (χ2n) is 5.75. The van der Waals surface area contributed by atoms with Gasteiger partial charge < -0.3 is 15.3 Å². The van der Waals surface area contributed by atoms with Gasteiger partial charge in [0, 0.05) is 12.2 Å². The Morgan fingerprint density at radius 2 is 2.00 bits per heavy atom. The van der Waals surface area contributed by atoms with Gasteiger partial charge in [0.15, 0.2) is 0 Å². The molecule has 0 saturated heterocycles. The number of hydrogen-bond acceptors (Lipinski definition) is 4. The van der Waals surface area contributed by atoms with Crippen molar-refractivity contribution < 1.29 is 14.7 Å². The number of carbonyl (C=O) groups is 2. The molecule has 0 bridgehead atoms. The quantitative estimate of drug-likeness (QED) is 0.853. The molecule has 1 amide bonds. The first-order valence-electron chi connectivity index (χ1n) is 7.20. The zero-order chi connectivity index (χ0) is 17.0. The molecule has 2 aromatic rings. The molecule has 0 unspecified atom stereocenters. The third-order valence-electron chi connectivity index (χ3n) is 3.25. The average Bonchev–Trinajstić information content (AvgIpc) is 2.90. The Morgan fingerprint density at radius 1 is 1.26 bits per heavy atom. The summed E-state index contributed by atoms with van der Waals surface area (Å²) in [7, 11) is 3.96. The van der Waals surface area contributed by atoms with E-state index in [4.69, 9.17) is 5.11 Å². The van der Waals surface area contributed by atoms with E-state index in [9.17, 15) is 9.59 Å². The number of nitrogens with zero attached hydrogens (tertiary/aromatic N) is 1. The van der Waals surface area contributed by atoms with E-state index in [0.29, 0.717) is 5.56 Å². The van der Waals surface area contributed by atoms with E-state index in [0.717, 1.165) is 34.7 Å². The number of carboxylic acid groups (broad SMARTS) is 1. The van der Waals surface area contributed by atoms with Gasteiger partial charge in [-0.2, -0.15) is 0 Å². The van der Waals surface area contributed by atoms with Gasteiger partial charge in [0.05, 0.1) is 6.42 Å². The van der Waals surface area contributed by atoms with Crippen molar-refractivity contribution in [3.8, 4) is 0 Å². The minimum atomic E-state index is -0.964. The third-order valence-corrected chi connectivity index (χ3v) is 4.22. The number of amides is 1. The van der Waals surface area contributed by atoms with Crippen LogP contribution in [0.4, 0.5) is 5.69 Å². The molecular weight excluding hydrogens is 312 g/mol. The lowest BCUT2D eigenvalue weighted by Crippen LogP contribution is -2.18. The number of benzene rings is 1. The van der Waals surface area contributed by atoms with Crippen molar-refractivity contribution in [3.05, 3.63) is 51.2 Å². The lowest BCUT2D eigenvalue weighted by atomic mass is 10.1. The molecule has 2 N–H and O–H groups in total. The lowest BCUT2D eigenvalue weighted by molar-refractivity contribution is -0.115. The van der Waals surface area contributed by atoms with Crippen LogP contribution in [0.5, 0.6) is 0 Å². The summed E-state index contributed by atoms with van der Waals surface area (Å²) in [5.41, 5.74) is 3.71. The van der Waals surface area contributed by atoms with Crippen LogP contribution in [-0.4, -0.2) is 36.0 Å². The molecule has 0 radical (unpaired) electrons. The molecule has 122 valence electrons. The van der Waals surface area contributed by atoms with Crippen LogP contribution in [0.15, 0.2) is 29.6 Å². The summed E-state index contributed by atoms with van der Waals surface area (Å²) in [5, 5.41) is 13.5. The molecule has 0 aliphatic carbocycles. The first-order valence-corrected chi connectivity index (χ1v) is 8.08. The maximum absolute atomic E-state index is 12.2. The molecule has 1 aromatic carbocycles. The summed E-state index contributed by atoms with van der Waals surface area (Å²) < 4.78 is 0. The van der Waals surface area contributed by atoms with Gasteiger partial charge in [-0.1, -0.05) is 17.7 Å². The number of thiophene rings is 1. The maximum Gasteiger partial charge on any atom is 0.345 e. The van der Waals surface area contributed by atoms with E-state index in [1.165, 1.54) is 0 Å². The van der Waals surface area contributed by atoms with E-state index in [2.05, 4.69) is 11.4 Å². The van der Waals surface area contributed by atoms with Crippen LogP contribution in [0.2, 0.25) is 0 Å². The van der Waals surface area contributed by atoms with Crippen LogP contribution in [0.3, 0.4) is 0 Å². The van der Waals surface area contributed by atoms with E-state index < -0.39 is 5.97 Å². The molecule has 6 heteroatoms. The summed E-state index contributed by atoms with van der Waals surface area (Å²) >= 11 is 1.13. The minimum Gasteiger partial charge on any atom is -0.477 e. The number of carboxylic acids is 1. The zero-order valence-electron chi connectivity index (χ0n) is 13.4. The minimum absolute atomic E-state index is 0.149. The van der Waals surface area contributed by atoms with E-state index >= 15 is 0 Å². The van der Waals surface area contributed by atoms with Crippen LogP contribution < -0.4 is 5.32 Å². The van der Waals surface area contributed by atoms with Crippen molar-refractivity contribution in [2.24, 2.45) is 0 Å². The molecule has 5 nitrogen and oxygen atoms in total. The zero-order valence-corrected chi connectivity index (χ0v) is 14.2. The Bertz CT molecular complexity index is 722. The van der Waals surface area contributed by atoms with Crippen molar-refractivity contribution in [2.45, 2.75) is 19.9 Å². The van der Waals surface area contributed by atoms with Crippen molar-refractivity contribution in [3.63, 3.8) is 0 Å². The van der Waals surface area contributed by atoms with Crippen LogP contribution in [0, 0.1) is 6.92 Å². The van der Waals surface area contributed by atoms with Gasteiger partial charge in [0.25, 0.3) is 0 Å². The van der Waals surface area contributed by atoms with E-state index in [1.807, 2.05) is 38.1 Å². The number of rotatable bonds is 6. The topological polar surface area (TPSA) is 69.6 Å². The van der Waals surface area contributed by atoms with E-state index in [1.54, 1.807) is 11.4 Å². The Kier molecular flexibility index (Phi) is 5.52. The number of aromatic carboxylic acids is 1. The Labute approximate surface area is 139 Å². The summed E-state index contributed by atoms with van der Waals surface area (Å²) in [6, 6.07) is 7.47. The molecule has 0 atom stereocenters. The van der Waals surface area contributed by atoms with Gasteiger partial charge in [-0.15, -0.1) is 11.3 Å². The van der Waals surface area contributed by atoms with Gasteiger partial charge in [-0.25, -0.2) is 4.79 Å². The Hall–Kier alpha value is -2.18. The number of anilines is 1. The number of nitrogens with one attached hydrogen (secondary N) is 1. The Balaban J connectivity index is 2.08. The van der Waals surface area contributed by atoms with Gasteiger partial charge >= 0.3 is 5.97 Å². The highest BCUT2D eigenvalue weighted by Crippen LogP contribution is 2.20. The van der Waals surface area contributed by atoms with Gasteiger partial charge in [0.1, 0.15) is 4.88 Å². The second-order valence-corrected chi connectivity index (χ2v) is 6.66. The summed E-state index contributed by atoms with van der Waals surface area (Å²) in [4.78, 5) is 25.4. The largest absolute Gasteiger partial charge is 0.477 e. The number of carbonyl (C=O) groups excluding carboxylic acids is 1. The van der Waals surface area contributed by atoms with E-state index in [-0.39, 0.29) is 17.2 Å². The monoisotopic (exact) mass is 332 g/mol. The molecule has 1 aromatic heterocycles. The molecule has 2 rings (SSSR count). The van der Waals surface area contributed by atoms with Crippen LogP contribution in [0.1, 0.15) is 26.4 Å². The fraction of sp³-hybridized carbons (Fsp3) is 0.294. The molecule has 0 aliphatic heterocycles. The SMILES string of the molecule is Cc1ccc(NC(=O)Cc2csc(C(=O)O)c2)c(CN(C)C)c1. The standard InChI is InChI=1S/C17H20N2O3S/c1-11-4-5-14(13(6-11)9-19(2)3)18-16(20)8-12-7-15(17(21)22)23-10-12/h4-7,10H,8-9H2,1-3H3,(H,18,20)(H,21,22). The van der Waals surface area contributed by atoms with Crippen molar-refractivity contribution in [2.75, 3.05) is 19.4 Å². The van der Waals surface area contributed by atoms with Gasteiger partial charge in [-0.3, -0.25) is 4.79 Å². The normalized spacial score (nSPS) is 10.8. The summed E-state index contributed by atoms with van der Waals surface area (Å²) in [6.45, 7) is 2.75. The third kappa shape index (κ3) is 4.91. The molecule has 1 heterocycles. The summed E-state index contributed by atoms with van der Waals surface area (Å²) in [6.07, 6.45) is 0.166. The first-order chi connectivity index (χ1) is 10.8. The molecule has 0 aliphatic rings. The van der Waals surface area contributed by atoms with Crippen LogP contribution >= 0.6 is 11.3 Å². The van der Waals surface area contributed by atoms with Crippen molar-refractivity contribution in [1.82, 2.24) is 4.90 Å². The molecule has 23 heavy (non-hydrogen) atoms. The first kappa shape index (κ1) is 17.2. The highest BCUT2D eigenvalue weighted by Gasteiger charge is 2.12. The maximum atomic E-state index is 12.2. The van der Waals surface area contributed by atoms with Crippen molar-refractivity contribution in [1.29, 1.82) is 0 Å². The molecular formula is C17H20N2O3S. The lowest BCUT2D eigenvalue weighted by Gasteiger charge is -2.15. The average molecular weight is 332 g/mol. The smallest absolute Gasteiger partial charge is 0.345 e. The predicted molar refractivity (Wildman–Crippen MR) is 92.2 cm³/mol. The second kappa shape index (κ2) is 7.39. The molecule has 0 saturated carbocycles.